The van der Waals surface area contributed by atoms with Gasteiger partial charge in [0.15, 0.2) is 0 Å². The van der Waals surface area contributed by atoms with Crippen LogP contribution in [0.4, 0.5) is 0 Å². The van der Waals surface area contributed by atoms with Gasteiger partial charge in [-0.1, -0.05) is 29.8 Å². The third kappa shape index (κ3) is 4.43. The lowest BCUT2D eigenvalue weighted by molar-refractivity contribution is 0.0696. The molecule has 2 N–H and O–H groups in total. The first-order valence-corrected chi connectivity index (χ1v) is 5.48. The number of carbonyl (C=O) groups is 1. The van der Waals surface area contributed by atoms with Crippen molar-refractivity contribution in [3.05, 3.63) is 58.9 Å². The normalized spacial score (nSPS) is 9.22. The van der Waals surface area contributed by atoms with E-state index in [0.717, 1.165) is 5.56 Å². The van der Waals surface area contributed by atoms with E-state index in [1.165, 1.54) is 18.3 Å². The van der Waals surface area contributed by atoms with E-state index in [0.29, 0.717) is 10.7 Å². The highest BCUT2D eigenvalue weighted by Gasteiger charge is 2.02. The summed E-state index contributed by atoms with van der Waals surface area (Å²) in [7, 11) is 0. The average Bonchev–Trinajstić information content (AvgIpc) is 2.34. The predicted molar refractivity (Wildman–Crippen MR) is 69.1 cm³/mol. The Morgan fingerprint density at radius 1 is 1.22 bits per heavy atom. The topological polar surface area (TPSA) is 70.4 Å². The zero-order valence-corrected chi connectivity index (χ0v) is 10.4. The Morgan fingerprint density at radius 3 is 2.28 bits per heavy atom. The first-order chi connectivity index (χ1) is 8.50. The molecule has 0 spiro atoms. The number of carboxylic acid groups (broad SMARTS) is 1. The molecule has 0 saturated carbocycles. The quantitative estimate of drug-likeness (QED) is 0.777. The maximum Gasteiger partial charge on any atom is 0.335 e. The molecule has 5 heteroatoms. The van der Waals surface area contributed by atoms with Crippen LogP contribution >= 0.6 is 11.6 Å². The monoisotopic (exact) mass is 265 g/mol. The number of aromatic carboxylic acids is 1. The van der Waals surface area contributed by atoms with Gasteiger partial charge in [0.1, 0.15) is 10.9 Å². The summed E-state index contributed by atoms with van der Waals surface area (Å²) < 4.78 is 0. The van der Waals surface area contributed by atoms with Crippen LogP contribution in [0.15, 0.2) is 42.6 Å². The fourth-order valence-corrected chi connectivity index (χ4v) is 1.29. The predicted octanol–water partition coefficient (Wildman–Crippen LogP) is 3.13. The Morgan fingerprint density at radius 2 is 1.89 bits per heavy atom. The maximum atomic E-state index is 10.4. The molecule has 0 aliphatic heterocycles. The molecule has 2 rings (SSSR count). The van der Waals surface area contributed by atoms with Crippen molar-refractivity contribution in [3.8, 4) is 5.75 Å². The van der Waals surface area contributed by atoms with Gasteiger partial charge in [-0.25, -0.2) is 9.78 Å². The van der Waals surface area contributed by atoms with E-state index >= 15 is 0 Å². The molecule has 0 amide bonds. The van der Waals surface area contributed by atoms with Crippen LogP contribution in [0.5, 0.6) is 5.75 Å². The van der Waals surface area contributed by atoms with Crippen molar-refractivity contribution in [2.45, 2.75) is 6.92 Å². The standard InChI is InChI=1S/C8H8O2.C5H4ClNO/c1-6-4-2-3-5-7(6)8(9)10;6-5-2-1-4(8)3-7-5/h2-5H,1H3,(H,9,10);1-3,8H. The lowest BCUT2D eigenvalue weighted by Gasteiger charge is -1.96. The fourth-order valence-electron chi connectivity index (χ4n) is 1.18. The van der Waals surface area contributed by atoms with Crippen molar-refractivity contribution in [1.82, 2.24) is 4.98 Å². The first kappa shape index (κ1) is 14.0. The Balaban J connectivity index is 0.000000184. The van der Waals surface area contributed by atoms with Crippen LogP contribution in [0.1, 0.15) is 15.9 Å². The fraction of sp³-hybridized carbons (Fsp3) is 0.0769. The van der Waals surface area contributed by atoms with E-state index in [2.05, 4.69) is 4.98 Å². The molecule has 0 radical (unpaired) electrons. The molecule has 0 aliphatic rings. The molecular weight excluding hydrogens is 254 g/mol. The maximum absolute atomic E-state index is 10.4. The summed E-state index contributed by atoms with van der Waals surface area (Å²) in [5, 5.41) is 17.6. The SMILES string of the molecule is Cc1ccccc1C(=O)O.Oc1ccc(Cl)nc1. The number of hydrogen-bond donors (Lipinski definition) is 2. The van der Waals surface area contributed by atoms with Crippen LogP contribution in [0.3, 0.4) is 0 Å². The highest BCUT2D eigenvalue weighted by molar-refractivity contribution is 6.29. The molecule has 0 unspecified atom stereocenters. The molecular formula is C13H12ClNO3. The molecule has 1 heterocycles. The largest absolute Gasteiger partial charge is 0.506 e. The summed E-state index contributed by atoms with van der Waals surface area (Å²) in [6.45, 7) is 1.78. The molecule has 1 aromatic heterocycles. The molecule has 0 bridgehead atoms. The Bertz CT molecular complexity index is 505. The number of nitrogens with zero attached hydrogens (tertiary/aromatic N) is 1. The van der Waals surface area contributed by atoms with Gasteiger partial charge < -0.3 is 10.2 Å². The summed E-state index contributed by atoms with van der Waals surface area (Å²) >= 11 is 5.39. The first-order valence-electron chi connectivity index (χ1n) is 5.10. The molecule has 1 aromatic carbocycles. The second kappa shape index (κ2) is 6.61. The summed E-state index contributed by atoms with van der Waals surface area (Å²) in [5.74, 6) is -0.729. The Kier molecular flexibility index (Phi) is 5.14. The summed E-state index contributed by atoms with van der Waals surface area (Å²) in [5.41, 5.74) is 1.18. The van der Waals surface area contributed by atoms with Crippen molar-refractivity contribution in [2.24, 2.45) is 0 Å². The van der Waals surface area contributed by atoms with Gasteiger partial charge in [-0.15, -0.1) is 0 Å². The number of rotatable bonds is 1. The smallest absolute Gasteiger partial charge is 0.335 e. The van der Waals surface area contributed by atoms with E-state index in [1.807, 2.05) is 6.07 Å². The lowest BCUT2D eigenvalue weighted by atomic mass is 10.1. The van der Waals surface area contributed by atoms with Crippen molar-refractivity contribution < 1.29 is 15.0 Å². The number of halogens is 1. The van der Waals surface area contributed by atoms with Gasteiger partial charge in [0.2, 0.25) is 0 Å². The molecule has 18 heavy (non-hydrogen) atoms. The average molecular weight is 266 g/mol. The summed E-state index contributed by atoms with van der Waals surface area (Å²) in [4.78, 5) is 14.0. The zero-order chi connectivity index (χ0) is 13.5. The number of aromatic hydroxyl groups is 1. The van der Waals surface area contributed by atoms with Crippen molar-refractivity contribution in [2.75, 3.05) is 0 Å². The van der Waals surface area contributed by atoms with Gasteiger partial charge in [-0.3, -0.25) is 0 Å². The molecule has 0 atom stereocenters. The summed E-state index contributed by atoms with van der Waals surface area (Å²) in [6.07, 6.45) is 1.29. The minimum absolute atomic E-state index is 0.134. The number of aryl methyl sites for hydroxylation is 1. The molecule has 0 aliphatic carbocycles. The molecule has 0 saturated heterocycles. The van der Waals surface area contributed by atoms with Gasteiger partial charge in [0.25, 0.3) is 0 Å². The van der Waals surface area contributed by atoms with Crippen LogP contribution in [-0.2, 0) is 0 Å². The molecule has 0 fully saturated rings. The zero-order valence-electron chi connectivity index (χ0n) is 9.67. The number of carboxylic acids is 1. The number of aromatic nitrogens is 1. The minimum atomic E-state index is -0.863. The minimum Gasteiger partial charge on any atom is -0.506 e. The van der Waals surface area contributed by atoms with Gasteiger partial charge in [0, 0.05) is 0 Å². The number of pyridine rings is 1. The van der Waals surface area contributed by atoms with Gasteiger partial charge in [-0.2, -0.15) is 0 Å². The van der Waals surface area contributed by atoms with Crippen LogP contribution in [0.25, 0.3) is 0 Å². The molecule has 2 aromatic rings. The Labute approximate surface area is 109 Å². The third-order valence-corrected chi connectivity index (χ3v) is 2.31. The van der Waals surface area contributed by atoms with Crippen molar-refractivity contribution in [3.63, 3.8) is 0 Å². The summed E-state index contributed by atoms with van der Waals surface area (Å²) in [6, 6.07) is 9.92. The highest BCUT2D eigenvalue weighted by Crippen LogP contribution is 2.08. The molecule has 4 nitrogen and oxygen atoms in total. The van der Waals surface area contributed by atoms with E-state index in [9.17, 15) is 4.79 Å². The van der Waals surface area contributed by atoms with Gasteiger partial charge in [-0.05, 0) is 30.7 Å². The van der Waals surface area contributed by atoms with Crippen LogP contribution in [0.2, 0.25) is 5.15 Å². The highest BCUT2D eigenvalue weighted by atomic mass is 35.5. The number of hydrogen-bond acceptors (Lipinski definition) is 3. The van der Waals surface area contributed by atoms with Crippen LogP contribution in [0, 0.1) is 6.92 Å². The van der Waals surface area contributed by atoms with Crippen molar-refractivity contribution in [1.29, 1.82) is 0 Å². The van der Waals surface area contributed by atoms with Gasteiger partial charge >= 0.3 is 5.97 Å². The third-order valence-electron chi connectivity index (χ3n) is 2.09. The van der Waals surface area contributed by atoms with E-state index < -0.39 is 5.97 Å². The van der Waals surface area contributed by atoms with Crippen LogP contribution < -0.4 is 0 Å². The van der Waals surface area contributed by atoms with Gasteiger partial charge in [0.05, 0.1) is 11.8 Å². The second-order valence-electron chi connectivity index (χ2n) is 3.46. The lowest BCUT2D eigenvalue weighted by Crippen LogP contribution is -1.97. The van der Waals surface area contributed by atoms with Crippen LogP contribution in [-0.4, -0.2) is 21.2 Å². The van der Waals surface area contributed by atoms with E-state index in [1.54, 1.807) is 25.1 Å². The second-order valence-corrected chi connectivity index (χ2v) is 3.85. The number of benzene rings is 1. The van der Waals surface area contributed by atoms with E-state index in [4.69, 9.17) is 21.8 Å². The van der Waals surface area contributed by atoms with E-state index in [-0.39, 0.29) is 5.75 Å². The Hall–Kier alpha value is -2.07. The van der Waals surface area contributed by atoms with Crippen molar-refractivity contribution >= 4 is 17.6 Å². The molecule has 94 valence electrons.